The largest absolute Gasteiger partial charge is 0.372 e. The lowest BCUT2D eigenvalue weighted by Gasteiger charge is -2.39. The molecule has 0 saturated carbocycles. The van der Waals surface area contributed by atoms with Gasteiger partial charge in [-0.3, -0.25) is 9.88 Å². The molecule has 0 radical (unpaired) electrons. The average Bonchev–Trinajstić information content (AvgIpc) is 2.57. The Morgan fingerprint density at radius 1 is 1.33 bits per heavy atom. The zero-order valence-corrected chi connectivity index (χ0v) is 14.7. The van der Waals surface area contributed by atoms with Crippen LogP contribution in [0.2, 0.25) is 0 Å². The number of carbonyl (C=O) groups excluding carboxylic acids is 1. The number of aromatic nitrogens is 1. The van der Waals surface area contributed by atoms with Crippen molar-refractivity contribution in [1.82, 2.24) is 20.1 Å². The Bertz CT molecular complexity index is 541. The molecule has 24 heavy (non-hydrogen) atoms. The summed E-state index contributed by atoms with van der Waals surface area (Å²) in [6, 6.07) is 6.35. The van der Waals surface area contributed by atoms with Crippen molar-refractivity contribution < 1.29 is 9.53 Å². The normalized spacial score (nSPS) is 22.3. The summed E-state index contributed by atoms with van der Waals surface area (Å²) in [5.74, 6) is 0. The van der Waals surface area contributed by atoms with Crippen molar-refractivity contribution in [2.75, 3.05) is 32.8 Å². The first-order valence-electron chi connectivity index (χ1n) is 8.83. The molecule has 0 bridgehead atoms. The van der Waals surface area contributed by atoms with Gasteiger partial charge in [-0.05, 0) is 38.8 Å². The van der Waals surface area contributed by atoms with E-state index >= 15 is 0 Å². The quantitative estimate of drug-likeness (QED) is 0.918. The number of morpholine rings is 1. The number of pyridine rings is 1. The first kappa shape index (κ1) is 17.2. The molecule has 2 aliphatic rings. The van der Waals surface area contributed by atoms with E-state index in [1.807, 2.05) is 37.1 Å². The molecular weight excluding hydrogens is 304 g/mol. The Hall–Kier alpha value is -1.66. The zero-order valence-electron chi connectivity index (χ0n) is 14.7. The first-order valence-corrected chi connectivity index (χ1v) is 8.83. The van der Waals surface area contributed by atoms with E-state index in [0.717, 1.165) is 38.2 Å². The maximum Gasteiger partial charge on any atom is 0.317 e. The molecule has 2 saturated heterocycles. The molecule has 3 rings (SSSR count). The fourth-order valence-electron chi connectivity index (χ4n) is 3.41. The predicted octanol–water partition coefficient (Wildman–Crippen LogP) is 1.87. The lowest BCUT2D eigenvalue weighted by atomic mass is 10.0. The number of piperidine rings is 1. The molecule has 2 aliphatic heterocycles. The molecule has 0 spiro atoms. The molecule has 0 aliphatic carbocycles. The predicted molar refractivity (Wildman–Crippen MR) is 92.7 cm³/mol. The van der Waals surface area contributed by atoms with Crippen LogP contribution in [0.15, 0.2) is 24.4 Å². The Balaban J connectivity index is 1.43. The fourth-order valence-corrected chi connectivity index (χ4v) is 3.41. The van der Waals surface area contributed by atoms with Crippen molar-refractivity contribution in [3.63, 3.8) is 0 Å². The third-order valence-corrected chi connectivity index (χ3v) is 4.74. The minimum atomic E-state index is -0.248. The van der Waals surface area contributed by atoms with E-state index in [1.54, 1.807) is 0 Å². The lowest BCUT2D eigenvalue weighted by Crippen LogP contribution is -2.56. The average molecular weight is 332 g/mol. The molecular formula is C18H28N4O2. The number of nitrogens with one attached hydrogen (secondary N) is 1. The van der Waals surface area contributed by atoms with Crippen LogP contribution in [0.3, 0.4) is 0 Å². The van der Waals surface area contributed by atoms with Gasteiger partial charge in [0.25, 0.3) is 0 Å². The van der Waals surface area contributed by atoms with Gasteiger partial charge < -0.3 is 15.0 Å². The van der Waals surface area contributed by atoms with Crippen molar-refractivity contribution in [2.24, 2.45) is 0 Å². The number of nitrogens with zero attached hydrogens (tertiary/aromatic N) is 3. The van der Waals surface area contributed by atoms with Crippen molar-refractivity contribution >= 4 is 6.03 Å². The molecule has 1 aromatic rings. The van der Waals surface area contributed by atoms with E-state index in [2.05, 4.69) is 21.3 Å². The third-order valence-electron chi connectivity index (χ3n) is 4.74. The van der Waals surface area contributed by atoms with Gasteiger partial charge in [-0.15, -0.1) is 0 Å². The van der Waals surface area contributed by atoms with E-state index in [1.165, 1.54) is 0 Å². The molecule has 3 heterocycles. The lowest BCUT2D eigenvalue weighted by molar-refractivity contribution is -0.0736. The van der Waals surface area contributed by atoms with Crippen LogP contribution in [0, 0.1) is 0 Å². The van der Waals surface area contributed by atoms with Gasteiger partial charge in [0.1, 0.15) is 0 Å². The van der Waals surface area contributed by atoms with Gasteiger partial charge in [0, 0.05) is 38.4 Å². The fraction of sp³-hybridized carbons (Fsp3) is 0.667. The highest BCUT2D eigenvalue weighted by Gasteiger charge is 2.31. The monoisotopic (exact) mass is 332 g/mol. The smallest absolute Gasteiger partial charge is 0.317 e. The second-order valence-electron chi connectivity index (χ2n) is 7.35. The van der Waals surface area contributed by atoms with Crippen molar-refractivity contribution in [3.8, 4) is 0 Å². The zero-order chi connectivity index (χ0) is 17.0. The van der Waals surface area contributed by atoms with E-state index in [-0.39, 0.29) is 17.7 Å². The molecule has 1 aromatic heterocycles. The molecule has 6 heteroatoms. The third kappa shape index (κ3) is 4.68. The van der Waals surface area contributed by atoms with E-state index in [9.17, 15) is 4.79 Å². The van der Waals surface area contributed by atoms with Crippen molar-refractivity contribution in [2.45, 2.75) is 44.9 Å². The minimum Gasteiger partial charge on any atom is -0.372 e. The van der Waals surface area contributed by atoms with Gasteiger partial charge >= 0.3 is 6.03 Å². The van der Waals surface area contributed by atoms with Crippen LogP contribution in [-0.4, -0.2) is 65.2 Å². The molecule has 132 valence electrons. The Morgan fingerprint density at radius 2 is 2.12 bits per heavy atom. The van der Waals surface area contributed by atoms with Crippen LogP contribution in [0.1, 0.15) is 32.4 Å². The second-order valence-corrected chi connectivity index (χ2v) is 7.35. The topological polar surface area (TPSA) is 57.7 Å². The van der Waals surface area contributed by atoms with Gasteiger partial charge in [-0.25, -0.2) is 4.79 Å². The van der Waals surface area contributed by atoms with Crippen LogP contribution < -0.4 is 5.32 Å². The summed E-state index contributed by atoms with van der Waals surface area (Å²) >= 11 is 0. The number of ether oxygens (including phenoxy) is 1. The highest BCUT2D eigenvalue weighted by Crippen LogP contribution is 2.18. The number of carbonyl (C=O) groups is 1. The molecule has 0 unspecified atom stereocenters. The molecule has 6 nitrogen and oxygen atoms in total. The number of hydrogen-bond donors (Lipinski definition) is 1. The molecule has 2 amide bonds. The van der Waals surface area contributed by atoms with E-state index < -0.39 is 0 Å². The minimum absolute atomic E-state index is 0.0505. The first-order chi connectivity index (χ1) is 11.5. The number of urea groups is 1. The Morgan fingerprint density at radius 3 is 2.79 bits per heavy atom. The van der Waals surface area contributed by atoms with E-state index in [0.29, 0.717) is 19.7 Å². The standard InChI is InChI=1S/C18H28N4O2/c1-18(2)14-22(11-12-24-18)17(23)20-15-6-9-21(10-7-15)13-16-5-3-4-8-19-16/h3-5,8,15H,6-7,9-14H2,1-2H3,(H,20,23). The summed E-state index contributed by atoms with van der Waals surface area (Å²) in [4.78, 5) is 21.1. The summed E-state index contributed by atoms with van der Waals surface area (Å²) in [6.07, 6.45) is 3.82. The molecule has 0 aromatic carbocycles. The van der Waals surface area contributed by atoms with Crippen LogP contribution in [0.5, 0.6) is 0 Å². The van der Waals surface area contributed by atoms with E-state index in [4.69, 9.17) is 4.74 Å². The summed E-state index contributed by atoms with van der Waals surface area (Å²) in [6.45, 7) is 8.88. The summed E-state index contributed by atoms with van der Waals surface area (Å²) in [5, 5.41) is 3.20. The maximum atomic E-state index is 12.5. The maximum absolute atomic E-state index is 12.5. The summed E-state index contributed by atoms with van der Waals surface area (Å²) in [7, 11) is 0. The van der Waals surface area contributed by atoms with Gasteiger partial charge in [0.15, 0.2) is 0 Å². The second kappa shape index (κ2) is 7.49. The van der Waals surface area contributed by atoms with Crippen LogP contribution in [0.25, 0.3) is 0 Å². The number of rotatable bonds is 3. The molecule has 2 fully saturated rings. The van der Waals surface area contributed by atoms with Crippen molar-refractivity contribution in [3.05, 3.63) is 30.1 Å². The molecule has 0 atom stereocenters. The highest BCUT2D eigenvalue weighted by molar-refractivity contribution is 5.74. The van der Waals surface area contributed by atoms with Crippen molar-refractivity contribution in [1.29, 1.82) is 0 Å². The summed E-state index contributed by atoms with van der Waals surface area (Å²) < 4.78 is 5.67. The molecule has 1 N–H and O–H groups in total. The van der Waals surface area contributed by atoms with Crippen LogP contribution >= 0.6 is 0 Å². The highest BCUT2D eigenvalue weighted by atomic mass is 16.5. The van der Waals surface area contributed by atoms with Gasteiger partial charge in [-0.2, -0.15) is 0 Å². The van der Waals surface area contributed by atoms with Gasteiger partial charge in [-0.1, -0.05) is 6.07 Å². The number of likely N-dealkylation sites (tertiary alicyclic amines) is 1. The SMILES string of the molecule is CC1(C)CN(C(=O)NC2CCN(Cc3ccccn3)CC2)CCO1. The van der Waals surface area contributed by atoms with Gasteiger partial charge in [0.05, 0.1) is 24.4 Å². The summed E-state index contributed by atoms with van der Waals surface area (Å²) in [5.41, 5.74) is 0.859. The van der Waals surface area contributed by atoms with Crippen LogP contribution in [-0.2, 0) is 11.3 Å². The van der Waals surface area contributed by atoms with Gasteiger partial charge in [0.2, 0.25) is 0 Å². The number of hydrogen-bond acceptors (Lipinski definition) is 4. The Labute approximate surface area is 144 Å². The Kier molecular flexibility index (Phi) is 5.36. The van der Waals surface area contributed by atoms with Crippen LogP contribution in [0.4, 0.5) is 4.79 Å². The number of amides is 2.